The molecule has 0 aromatic rings. The van der Waals surface area contributed by atoms with Gasteiger partial charge in [0, 0.05) is 5.54 Å². The quantitative estimate of drug-likeness (QED) is 0.753. The van der Waals surface area contributed by atoms with Gasteiger partial charge in [-0.25, -0.2) is 0 Å². The summed E-state index contributed by atoms with van der Waals surface area (Å²) < 4.78 is 0. The Labute approximate surface area is 109 Å². The molecule has 0 radical (unpaired) electrons. The van der Waals surface area contributed by atoms with Crippen LogP contribution in [0.4, 0.5) is 0 Å². The van der Waals surface area contributed by atoms with E-state index in [0.29, 0.717) is 5.41 Å². The number of hydrogen-bond donors (Lipinski definition) is 2. The van der Waals surface area contributed by atoms with E-state index in [1.807, 2.05) is 0 Å². The van der Waals surface area contributed by atoms with E-state index in [-0.39, 0.29) is 11.5 Å². The Morgan fingerprint density at radius 3 is 2.39 bits per heavy atom. The maximum absolute atomic E-state index is 11.7. The van der Waals surface area contributed by atoms with Gasteiger partial charge in [0.1, 0.15) is 0 Å². The van der Waals surface area contributed by atoms with Crippen LogP contribution in [0.3, 0.4) is 0 Å². The van der Waals surface area contributed by atoms with Gasteiger partial charge in [-0.3, -0.25) is 4.79 Å². The molecule has 3 aliphatic rings. The van der Waals surface area contributed by atoms with Crippen molar-refractivity contribution in [1.82, 2.24) is 5.32 Å². The standard InChI is InChI=1S/C15H25NO2/c17-13(18)12-10-14(6-2-1-3-7-14)11-15(12)8-4-5-9-16-15/h12,16H,1-11H2,(H,17,18). The van der Waals surface area contributed by atoms with E-state index < -0.39 is 5.97 Å². The lowest BCUT2D eigenvalue weighted by atomic mass is 9.71. The average Bonchev–Trinajstić information content (AvgIpc) is 2.65. The van der Waals surface area contributed by atoms with Crippen molar-refractivity contribution in [1.29, 1.82) is 0 Å². The maximum Gasteiger partial charge on any atom is 0.308 e. The summed E-state index contributed by atoms with van der Waals surface area (Å²) in [5.41, 5.74) is 0.285. The minimum absolute atomic E-state index is 0.0680. The SMILES string of the molecule is O=C(O)C1CC2(CCCCC2)CC12CCCCN2. The summed E-state index contributed by atoms with van der Waals surface area (Å²) in [7, 11) is 0. The molecule has 1 heterocycles. The van der Waals surface area contributed by atoms with E-state index in [1.165, 1.54) is 44.9 Å². The minimum atomic E-state index is -0.563. The fourth-order valence-electron chi connectivity index (χ4n) is 4.94. The molecular weight excluding hydrogens is 226 g/mol. The molecule has 0 bridgehead atoms. The smallest absolute Gasteiger partial charge is 0.308 e. The summed E-state index contributed by atoms with van der Waals surface area (Å²) in [5, 5.41) is 13.2. The van der Waals surface area contributed by atoms with Crippen LogP contribution in [-0.2, 0) is 4.79 Å². The highest BCUT2D eigenvalue weighted by molar-refractivity contribution is 5.72. The first-order valence-corrected chi connectivity index (χ1v) is 7.64. The van der Waals surface area contributed by atoms with Crippen LogP contribution < -0.4 is 5.32 Å². The summed E-state index contributed by atoms with van der Waals surface area (Å²) in [6, 6.07) is 0. The predicted molar refractivity (Wildman–Crippen MR) is 70.5 cm³/mol. The zero-order valence-electron chi connectivity index (χ0n) is 11.2. The fraction of sp³-hybridized carbons (Fsp3) is 0.933. The number of rotatable bonds is 1. The van der Waals surface area contributed by atoms with Gasteiger partial charge < -0.3 is 10.4 Å². The molecule has 2 spiro atoms. The average molecular weight is 251 g/mol. The first kappa shape index (κ1) is 12.5. The van der Waals surface area contributed by atoms with E-state index in [9.17, 15) is 9.90 Å². The summed E-state index contributed by atoms with van der Waals surface area (Å²) in [5.74, 6) is -0.706. The molecule has 2 atom stereocenters. The Morgan fingerprint density at radius 2 is 1.78 bits per heavy atom. The minimum Gasteiger partial charge on any atom is -0.481 e. The molecule has 18 heavy (non-hydrogen) atoms. The van der Waals surface area contributed by atoms with Gasteiger partial charge in [0.2, 0.25) is 0 Å². The monoisotopic (exact) mass is 251 g/mol. The van der Waals surface area contributed by atoms with E-state index in [1.54, 1.807) is 0 Å². The zero-order chi connectivity index (χ0) is 12.6. The molecule has 3 heteroatoms. The zero-order valence-corrected chi connectivity index (χ0v) is 11.2. The van der Waals surface area contributed by atoms with Gasteiger partial charge >= 0.3 is 5.97 Å². The number of aliphatic carboxylic acids is 1. The van der Waals surface area contributed by atoms with Gasteiger partial charge in [0.05, 0.1) is 5.92 Å². The third kappa shape index (κ3) is 1.97. The molecule has 1 aliphatic heterocycles. The van der Waals surface area contributed by atoms with E-state index >= 15 is 0 Å². The van der Waals surface area contributed by atoms with Crippen molar-refractivity contribution >= 4 is 5.97 Å². The Bertz CT molecular complexity index is 327. The topological polar surface area (TPSA) is 49.3 Å². The molecule has 3 rings (SSSR count). The lowest BCUT2D eigenvalue weighted by molar-refractivity contribution is -0.144. The molecule has 3 nitrogen and oxygen atoms in total. The highest BCUT2D eigenvalue weighted by Gasteiger charge is 2.57. The van der Waals surface area contributed by atoms with E-state index in [0.717, 1.165) is 25.8 Å². The Balaban J connectivity index is 1.85. The van der Waals surface area contributed by atoms with Gasteiger partial charge in [-0.05, 0) is 50.5 Å². The molecular formula is C15H25NO2. The van der Waals surface area contributed by atoms with Crippen LogP contribution in [0.15, 0.2) is 0 Å². The molecule has 2 aliphatic carbocycles. The van der Waals surface area contributed by atoms with Crippen LogP contribution in [-0.4, -0.2) is 23.2 Å². The van der Waals surface area contributed by atoms with Gasteiger partial charge in [-0.1, -0.05) is 25.7 Å². The normalized spacial score (nSPS) is 39.2. The fourth-order valence-corrected chi connectivity index (χ4v) is 4.94. The first-order valence-electron chi connectivity index (χ1n) is 7.64. The molecule has 2 N–H and O–H groups in total. The van der Waals surface area contributed by atoms with E-state index in [2.05, 4.69) is 5.32 Å². The van der Waals surface area contributed by atoms with Crippen LogP contribution in [0, 0.1) is 11.3 Å². The highest BCUT2D eigenvalue weighted by atomic mass is 16.4. The van der Waals surface area contributed by atoms with Crippen LogP contribution in [0.5, 0.6) is 0 Å². The highest BCUT2D eigenvalue weighted by Crippen LogP contribution is 2.57. The second-order valence-corrected chi connectivity index (χ2v) is 6.87. The summed E-state index contributed by atoms with van der Waals surface area (Å²) in [4.78, 5) is 11.7. The second kappa shape index (κ2) is 4.52. The molecule has 2 saturated carbocycles. The number of hydrogen-bond acceptors (Lipinski definition) is 2. The third-order valence-electron chi connectivity index (χ3n) is 5.73. The Kier molecular flexibility index (Phi) is 3.13. The number of carbonyl (C=O) groups is 1. The number of carboxylic acids is 1. The summed E-state index contributed by atoms with van der Waals surface area (Å²) in [6.45, 7) is 1.01. The van der Waals surface area contributed by atoms with Gasteiger partial charge in [-0.15, -0.1) is 0 Å². The van der Waals surface area contributed by atoms with Crippen molar-refractivity contribution in [2.24, 2.45) is 11.3 Å². The number of nitrogens with one attached hydrogen (secondary N) is 1. The molecule has 0 amide bonds. The van der Waals surface area contributed by atoms with Crippen molar-refractivity contribution in [3.8, 4) is 0 Å². The van der Waals surface area contributed by atoms with Crippen LogP contribution >= 0.6 is 0 Å². The van der Waals surface area contributed by atoms with Crippen molar-refractivity contribution < 1.29 is 9.90 Å². The lowest BCUT2D eigenvalue weighted by Gasteiger charge is -2.40. The largest absolute Gasteiger partial charge is 0.481 e. The van der Waals surface area contributed by atoms with Crippen molar-refractivity contribution in [2.75, 3.05) is 6.54 Å². The number of carboxylic acid groups (broad SMARTS) is 1. The van der Waals surface area contributed by atoms with Crippen molar-refractivity contribution in [3.63, 3.8) is 0 Å². The maximum atomic E-state index is 11.7. The van der Waals surface area contributed by atoms with Crippen molar-refractivity contribution in [3.05, 3.63) is 0 Å². The first-order chi connectivity index (χ1) is 8.66. The molecule has 1 saturated heterocycles. The predicted octanol–water partition coefficient (Wildman–Crippen LogP) is 2.94. The molecule has 102 valence electrons. The molecule has 0 aromatic carbocycles. The van der Waals surface area contributed by atoms with Gasteiger partial charge in [-0.2, -0.15) is 0 Å². The van der Waals surface area contributed by atoms with Crippen molar-refractivity contribution in [2.45, 2.75) is 69.7 Å². The molecule has 2 unspecified atom stereocenters. The van der Waals surface area contributed by atoms with Crippen LogP contribution in [0.1, 0.15) is 64.2 Å². The molecule has 3 fully saturated rings. The molecule has 0 aromatic heterocycles. The number of piperidine rings is 1. The van der Waals surface area contributed by atoms with Crippen LogP contribution in [0.25, 0.3) is 0 Å². The Hall–Kier alpha value is -0.570. The summed E-state index contributed by atoms with van der Waals surface area (Å²) in [6.07, 6.45) is 12.0. The van der Waals surface area contributed by atoms with Crippen LogP contribution in [0.2, 0.25) is 0 Å². The van der Waals surface area contributed by atoms with Gasteiger partial charge in [0.25, 0.3) is 0 Å². The summed E-state index contributed by atoms with van der Waals surface area (Å²) >= 11 is 0. The third-order valence-corrected chi connectivity index (χ3v) is 5.73. The van der Waals surface area contributed by atoms with Gasteiger partial charge in [0.15, 0.2) is 0 Å². The Morgan fingerprint density at radius 1 is 1.06 bits per heavy atom. The van der Waals surface area contributed by atoms with E-state index in [4.69, 9.17) is 0 Å². The second-order valence-electron chi connectivity index (χ2n) is 6.87. The lowest BCUT2D eigenvalue weighted by Crippen LogP contribution is -2.53.